The molecule has 1 atom stereocenters. The van der Waals surface area contributed by atoms with E-state index in [0.29, 0.717) is 17.9 Å². The van der Waals surface area contributed by atoms with Crippen molar-refractivity contribution >= 4 is 21.6 Å². The van der Waals surface area contributed by atoms with E-state index in [-0.39, 0.29) is 11.4 Å². The van der Waals surface area contributed by atoms with Gasteiger partial charge in [-0.05, 0) is 48.7 Å². The number of nitrogens with zero attached hydrogens (tertiary/aromatic N) is 1. The predicted molar refractivity (Wildman–Crippen MR) is 119 cm³/mol. The van der Waals surface area contributed by atoms with Gasteiger partial charge in [0, 0.05) is 6.54 Å². The molecule has 7 heteroatoms. The molecule has 0 spiro atoms. The van der Waals surface area contributed by atoms with Crippen LogP contribution >= 0.6 is 0 Å². The number of sulfonamides is 1. The molecule has 1 aliphatic rings. The van der Waals surface area contributed by atoms with Crippen molar-refractivity contribution in [3.63, 3.8) is 0 Å². The Balaban J connectivity index is 1.72. The molecule has 0 aliphatic carbocycles. The summed E-state index contributed by atoms with van der Waals surface area (Å²) in [6.45, 7) is 2.04. The maximum absolute atomic E-state index is 13.5. The Labute approximate surface area is 182 Å². The number of ether oxygens (including phenoxy) is 1. The van der Waals surface area contributed by atoms with E-state index < -0.39 is 22.0 Å². The Bertz CT molecular complexity index is 1210. The quantitative estimate of drug-likeness (QED) is 0.661. The van der Waals surface area contributed by atoms with Gasteiger partial charge in [0.2, 0.25) is 15.9 Å². The predicted octanol–water partition coefficient (Wildman–Crippen LogP) is 3.76. The first-order valence-electron chi connectivity index (χ1n) is 9.99. The largest absolute Gasteiger partial charge is 0.495 e. The number of nitrogens with one attached hydrogen (secondary N) is 1. The molecule has 0 radical (unpaired) electrons. The Kier molecular flexibility index (Phi) is 5.80. The number of hydrogen-bond acceptors (Lipinski definition) is 4. The van der Waals surface area contributed by atoms with Crippen LogP contribution in [0.1, 0.15) is 16.7 Å². The molecule has 0 fully saturated rings. The molecule has 1 aliphatic heterocycles. The number of amides is 1. The lowest BCUT2D eigenvalue weighted by molar-refractivity contribution is -0.120. The fraction of sp³-hybridized carbons (Fsp3) is 0.208. The number of fused-ring (bicyclic) bond motifs is 1. The molecule has 31 heavy (non-hydrogen) atoms. The van der Waals surface area contributed by atoms with E-state index in [2.05, 4.69) is 5.32 Å². The lowest BCUT2D eigenvalue weighted by atomic mass is 9.95. The van der Waals surface area contributed by atoms with E-state index in [1.807, 2.05) is 31.2 Å². The van der Waals surface area contributed by atoms with Crippen LogP contribution in [0.15, 0.2) is 77.7 Å². The van der Waals surface area contributed by atoms with Gasteiger partial charge in [-0.3, -0.25) is 4.79 Å². The van der Waals surface area contributed by atoms with E-state index in [1.54, 1.807) is 48.5 Å². The normalized spacial score (nSPS) is 16.4. The monoisotopic (exact) mass is 436 g/mol. The summed E-state index contributed by atoms with van der Waals surface area (Å²) < 4.78 is 33.7. The number of rotatable bonds is 5. The van der Waals surface area contributed by atoms with Gasteiger partial charge in [0.05, 0.1) is 17.7 Å². The highest BCUT2D eigenvalue weighted by molar-refractivity contribution is 7.89. The van der Waals surface area contributed by atoms with Gasteiger partial charge < -0.3 is 10.1 Å². The molecule has 0 bridgehead atoms. The zero-order valence-corrected chi connectivity index (χ0v) is 18.2. The van der Waals surface area contributed by atoms with Crippen molar-refractivity contribution in [2.24, 2.45) is 0 Å². The number of carbonyl (C=O) groups excluding carboxylic acids is 1. The Morgan fingerprint density at radius 2 is 1.61 bits per heavy atom. The molecule has 3 aromatic rings. The van der Waals surface area contributed by atoms with E-state index >= 15 is 0 Å². The van der Waals surface area contributed by atoms with Crippen LogP contribution in [0.3, 0.4) is 0 Å². The van der Waals surface area contributed by atoms with Crippen LogP contribution < -0.4 is 10.1 Å². The van der Waals surface area contributed by atoms with Crippen LogP contribution in [0.5, 0.6) is 5.75 Å². The molecular formula is C24H24N2O4S. The minimum atomic E-state index is -3.88. The highest BCUT2D eigenvalue weighted by atomic mass is 32.2. The molecule has 160 valence electrons. The van der Waals surface area contributed by atoms with Crippen molar-refractivity contribution in [2.45, 2.75) is 30.8 Å². The second kappa shape index (κ2) is 8.53. The van der Waals surface area contributed by atoms with Gasteiger partial charge in [-0.25, -0.2) is 8.42 Å². The average Bonchev–Trinajstić information content (AvgIpc) is 2.78. The summed E-state index contributed by atoms with van der Waals surface area (Å²) in [5.41, 5.74) is 3.34. The number of anilines is 1. The number of para-hydroxylation sites is 2. The number of benzene rings is 3. The van der Waals surface area contributed by atoms with Crippen LogP contribution in [-0.4, -0.2) is 31.8 Å². The number of hydrogen-bond donors (Lipinski definition) is 1. The Morgan fingerprint density at radius 1 is 0.968 bits per heavy atom. The van der Waals surface area contributed by atoms with Gasteiger partial charge in [0.15, 0.2) is 0 Å². The summed E-state index contributed by atoms with van der Waals surface area (Å²) in [6, 6.07) is 20.5. The number of aryl methyl sites for hydroxylation is 1. The zero-order valence-electron chi connectivity index (χ0n) is 17.4. The van der Waals surface area contributed by atoms with Crippen LogP contribution in [-0.2, 0) is 27.8 Å². The van der Waals surface area contributed by atoms with Gasteiger partial charge in [-0.15, -0.1) is 0 Å². The SMILES string of the molecule is COc1ccccc1NC(=O)[C@@H]1Cc2ccccc2CN1S(=O)(=O)c1ccc(C)cc1. The van der Waals surface area contributed by atoms with Gasteiger partial charge in [-0.1, -0.05) is 54.1 Å². The number of carbonyl (C=O) groups is 1. The van der Waals surface area contributed by atoms with E-state index in [9.17, 15) is 13.2 Å². The molecule has 4 rings (SSSR count). The van der Waals surface area contributed by atoms with E-state index in [0.717, 1.165) is 16.7 Å². The minimum Gasteiger partial charge on any atom is -0.495 e. The Morgan fingerprint density at radius 3 is 2.32 bits per heavy atom. The van der Waals surface area contributed by atoms with Crippen LogP contribution in [0, 0.1) is 6.92 Å². The zero-order chi connectivity index (χ0) is 22.0. The third-order valence-electron chi connectivity index (χ3n) is 5.50. The third-order valence-corrected chi connectivity index (χ3v) is 7.37. The van der Waals surface area contributed by atoms with Crippen molar-refractivity contribution in [1.82, 2.24) is 4.31 Å². The first-order chi connectivity index (χ1) is 14.9. The van der Waals surface area contributed by atoms with Gasteiger partial charge in [-0.2, -0.15) is 4.31 Å². The second-order valence-corrected chi connectivity index (χ2v) is 9.43. The highest BCUT2D eigenvalue weighted by Gasteiger charge is 2.39. The topological polar surface area (TPSA) is 75.7 Å². The van der Waals surface area contributed by atoms with Gasteiger partial charge in [0.1, 0.15) is 11.8 Å². The summed E-state index contributed by atoms with van der Waals surface area (Å²) >= 11 is 0. The summed E-state index contributed by atoms with van der Waals surface area (Å²) in [6.07, 6.45) is 0.294. The molecule has 1 heterocycles. The Hall–Kier alpha value is -3.16. The standard InChI is InChI=1S/C24H24N2O4S/c1-17-11-13-20(14-12-17)31(28,29)26-16-19-8-4-3-7-18(19)15-22(26)24(27)25-21-9-5-6-10-23(21)30-2/h3-14,22H,15-16H2,1-2H3,(H,25,27)/t22-/m0/s1. The first kappa shape index (κ1) is 21.1. The fourth-order valence-corrected chi connectivity index (χ4v) is 5.35. The maximum atomic E-state index is 13.5. The smallest absolute Gasteiger partial charge is 0.244 e. The van der Waals surface area contributed by atoms with Crippen molar-refractivity contribution in [2.75, 3.05) is 12.4 Å². The first-order valence-corrected chi connectivity index (χ1v) is 11.4. The van der Waals surface area contributed by atoms with E-state index in [4.69, 9.17) is 4.74 Å². The van der Waals surface area contributed by atoms with Gasteiger partial charge >= 0.3 is 0 Å². The third kappa shape index (κ3) is 4.19. The molecule has 1 N–H and O–H groups in total. The second-order valence-electron chi connectivity index (χ2n) is 7.54. The summed E-state index contributed by atoms with van der Waals surface area (Å²) in [7, 11) is -2.36. The minimum absolute atomic E-state index is 0.135. The molecule has 6 nitrogen and oxygen atoms in total. The van der Waals surface area contributed by atoms with Gasteiger partial charge in [0.25, 0.3) is 0 Å². The molecule has 1 amide bonds. The summed E-state index contributed by atoms with van der Waals surface area (Å²) in [5, 5.41) is 2.85. The maximum Gasteiger partial charge on any atom is 0.244 e. The molecule has 3 aromatic carbocycles. The lowest BCUT2D eigenvalue weighted by Gasteiger charge is -2.35. The van der Waals surface area contributed by atoms with Crippen molar-refractivity contribution < 1.29 is 17.9 Å². The highest BCUT2D eigenvalue weighted by Crippen LogP contribution is 2.31. The summed E-state index contributed by atoms with van der Waals surface area (Å²) in [5.74, 6) is 0.120. The van der Waals surface area contributed by atoms with Crippen LogP contribution in [0.4, 0.5) is 5.69 Å². The summed E-state index contributed by atoms with van der Waals surface area (Å²) in [4.78, 5) is 13.5. The number of methoxy groups -OCH3 is 1. The van der Waals surface area contributed by atoms with Crippen LogP contribution in [0.25, 0.3) is 0 Å². The molecular weight excluding hydrogens is 412 g/mol. The fourth-order valence-electron chi connectivity index (χ4n) is 3.78. The van der Waals surface area contributed by atoms with Crippen LogP contribution in [0.2, 0.25) is 0 Å². The van der Waals surface area contributed by atoms with Crippen molar-refractivity contribution in [3.05, 3.63) is 89.5 Å². The molecule has 0 saturated carbocycles. The van der Waals surface area contributed by atoms with E-state index in [1.165, 1.54) is 11.4 Å². The lowest BCUT2D eigenvalue weighted by Crippen LogP contribution is -2.50. The molecule has 0 unspecified atom stereocenters. The van der Waals surface area contributed by atoms with Crippen molar-refractivity contribution in [3.8, 4) is 5.75 Å². The molecule has 0 aromatic heterocycles. The molecule has 0 saturated heterocycles. The van der Waals surface area contributed by atoms with Crippen molar-refractivity contribution in [1.29, 1.82) is 0 Å². The average molecular weight is 437 g/mol.